The number of hydrogen-bond acceptors (Lipinski definition) is 5. The zero-order valence-corrected chi connectivity index (χ0v) is 16.6. The first kappa shape index (κ1) is 20.1. The minimum atomic E-state index is -3.75. The van der Waals surface area contributed by atoms with Crippen molar-refractivity contribution >= 4 is 21.6 Å². The molecule has 0 radical (unpaired) electrons. The Morgan fingerprint density at radius 3 is 2.50 bits per heavy atom. The van der Waals surface area contributed by atoms with Crippen LogP contribution in [0.2, 0.25) is 0 Å². The van der Waals surface area contributed by atoms with Crippen molar-refractivity contribution in [3.8, 4) is 0 Å². The predicted molar refractivity (Wildman–Crippen MR) is 99.7 cm³/mol. The van der Waals surface area contributed by atoms with Crippen LogP contribution in [0.3, 0.4) is 0 Å². The van der Waals surface area contributed by atoms with Gasteiger partial charge < -0.3 is 9.42 Å². The maximum atomic E-state index is 12.5. The zero-order chi connectivity index (χ0) is 19.5. The SMILES string of the molecule is CCc1cccc(C)c1N(CCNS(=O)(=O)c1c(C)noc1C)C(C)=O. The lowest BCUT2D eigenvalue weighted by molar-refractivity contribution is -0.116. The molecular formula is C18H25N3O4S. The normalized spacial score (nSPS) is 11.6. The van der Waals surface area contributed by atoms with Crippen molar-refractivity contribution in [2.24, 2.45) is 0 Å². The lowest BCUT2D eigenvalue weighted by atomic mass is 10.0. The molecule has 26 heavy (non-hydrogen) atoms. The second-order valence-electron chi connectivity index (χ2n) is 6.16. The average Bonchev–Trinajstić information content (AvgIpc) is 2.91. The first-order chi connectivity index (χ1) is 12.2. The number of benzene rings is 1. The number of sulfonamides is 1. The molecule has 0 aliphatic carbocycles. The Morgan fingerprint density at radius 1 is 1.27 bits per heavy atom. The molecule has 0 atom stereocenters. The Labute approximate surface area is 154 Å². The van der Waals surface area contributed by atoms with Gasteiger partial charge in [0.2, 0.25) is 15.9 Å². The van der Waals surface area contributed by atoms with Gasteiger partial charge in [0.25, 0.3) is 0 Å². The van der Waals surface area contributed by atoms with E-state index >= 15 is 0 Å². The molecule has 0 unspecified atom stereocenters. The van der Waals surface area contributed by atoms with Gasteiger partial charge >= 0.3 is 0 Å². The van der Waals surface area contributed by atoms with Crippen LogP contribution in [0, 0.1) is 20.8 Å². The van der Waals surface area contributed by atoms with Crippen LogP contribution in [0.4, 0.5) is 5.69 Å². The lowest BCUT2D eigenvalue weighted by Crippen LogP contribution is -2.38. The van der Waals surface area contributed by atoms with Gasteiger partial charge in [-0.05, 0) is 38.3 Å². The van der Waals surface area contributed by atoms with E-state index in [1.807, 2.05) is 32.0 Å². The number of carbonyl (C=O) groups is 1. The quantitative estimate of drug-likeness (QED) is 0.798. The number of amides is 1. The van der Waals surface area contributed by atoms with E-state index in [0.717, 1.165) is 23.2 Å². The van der Waals surface area contributed by atoms with Crippen LogP contribution in [0.15, 0.2) is 27.6 Å². The number of nitrogens with one attached hydrogen (secondary N) is 1. The van der Waals surface area contributed by atoms with E-state index in [9.17, 15) is 13.2 Å². The lowest BCUT2D eigenvalue weighted by Gasteiger charge is -2.26. The Kier molecular flexibility index (Phi) is 6.20. The van der Waals surface area contributed by atoms with Gasteiger partial charge in [-0.3, -0.25) is 4.79 Å². The summed E-state index contributed by atoms with van der Waals surface area (Å²) in [6.07, 6.45) is 0.783. The van der Waals surface area contributed by atoms with Crippen LogP contribution >= 0.6 is 0 Å². The molecule has 0 spiro atoms. The molecule has 0 fully saturated rings. The van der Waals surface area contributed by atoms with Crippen LogP contribution in [-0.2, 0) is 21.2 Å². The molecule has 0 saturated heterocycles. The number of rotatable bonds is 7. The summed E-state index contributed by atoms with van der Waals surface area (Å²) >= 11 is 0. The molecule has 0 bridgehead atoms. The minimum Gasteiger partial charge on any atom is -0.360 e. The summed E-state index contributed by atoms with van der Waals surface area (Å²) in [5.74, 6) is 0.108. The molecule has 2 rings (SSSR count). The highest BCUT2D eigenvalue weighted by Crippen LogP contribution is 2.26. The van der Waals surface area contributed by atoms with Crippen molar-refractivity contribution in [1.29, 1.82) is 0 Å². The van der Waals surface area contributed by atoms with E-state index in [4.69, 9.17) is 4.52 Å². The van der Waals surface area contributed by atoms with Gasteiger partial charge in [-0.15, -0.1) is 0 Å². The molecule has 0 aliphatic heterocycles. The van der Waals surface area contributed by atoms with E-state index in [1.165, 1.54) is 6.92 Å². The number of para-hydroxylation sites is 1. The van der Waals surface area contributed by atoms with Crippen LogP contribution in [0.1, 0.15) is 36.4 Å². The van der Waals surface area contributed by atoms with Crippen LogP contribution in [-0.4, -0.2) is 32.6 Å². The summed E-state index contributed by atoms with van der Waals surface area (Å²) in [6, 6.07) is 5.88. The molecule has 1 heterocycles. The second kappa shape index (κ2) is 8.01. The third-order valence-corrected chi connectivity index (χ3v) is 5.92. The monoisotopic (exact) mass is 379 g/mol. The van der Waals surface area contributed by atoms with Crippen LogP contribution < -0.4 is 9.62 Å². The highest BCUT2D eigenvalue weighted by Gasteiger charge is 2.24. The highest BCUT2D eigenvalue weighted by molar-refractivity contribution is 7.89. The van der Waals surface area contributed by atoms with Gasteiger partial charge in [0.1, 0.15) is 10.6 Å². The van der Waals surface area contributed by atoms with Crippen molar-refractivity contribution in [2.45, 2.75) is 45.9 Å². The molecule has 8 heteroatoms. The fourth-order valence-electron chi connectivity index (χ4n) is 3.04. The molecule has 1 aromatic carbocycles. The smallest absolute Gasteiger partial charge is 0.246 e. The summed E-state index contributed by atoms with van der Waals surface area (Å²) in [5, 5.41) is 3.68. The number of anilines is 1. The zero-order valence-electron chi connectivity index (χ0n) is 15.8. The van der Waals surface area contributed by atoms with E-state index in [0.29, 0.717) is 5.69 Å². The molecule has 1 amide bonds. The van der Waals surface area contributed by atoms with Gasteiger partial charge in [0, 0.05) is 25.7 Å². The molecule has 0 aliphatic rings. The molecule has 142 valence electrons. The Hall–Kier alpha value is -2.19. The number of nitrogens with zero attached hydrogens (tertiary/aromatic N) is 2. The van der Waals surface area contributed by atoms with E-state index in [-0.39, 0.29) is 29.7 Å². The first-order valence-electron chi connectivity index (χ1n) is 8.48. The van der Waals surface area contributed by atoms with Crippen molar-refractivity contribution < 1.29 is 17.7 Å². The van der Waals surface area contributed by atoms with Crippen LogP contribution in [0.25, 0.3) is 0 Å². The third kappa shape index (κ3) is 4.13. The van der Waals surface area contributed by atoms with Crippen molar-refractivity contribution in [3.63, 3.8) is 0 Å². The molecule has 1 N–H and O–H groups in total. The fraction of sp³-hybridized carbons (Fsp3) is 0.444. The average molecular weight is 379 g/mol. The summed E-state index contributed by atoms with van der Waals surface area (Å²) in [5.41, 5.74) is 3.19. The molecule has 7 nitrogen and oxygen atoms in total. The standard InChI is InChI=1S/C18H25N3O4S/c1-6-16-9-7-8-12(2)17(16)21(15(5)22)11-10-19-26(23,24)18-13(3)20-25-14(18)4/h7-9,19H,6,10-11H2,1-5H3. The Morgan fingerprint density at radius 2 is 1.96 bits per heavy atom. The largest absolute Gasteiger partial charge is 0.360 e. The van der Waals surface area contributed by atoms with Gasteiger partial charge in [-0.1, -0.05) is 30.3 Å². The van der Waals surface area contributed by atoms with Crippen molar-refractivity contribution in [3.05, 3.63) is 40.8 Å². The molecule has 0 saturated carbocycles. The fourth-order valence-corrected chi connectivity index (χ4v) is 4.39. The number of aryl methyl sites for hydroxylation is 4. The van der Waals surface area contributed by atoms with Gasteiger partial charge in [-0.25, -0.2) is 13.1 Å². The van der Waals surface area contributed by atoms with E-state index < -0.39 is 10.0 Å². The minimum absolute atomic E-state index is 0.0528. The second-order valence-corrected chi connectivity index (χ2v) is 7.86. The predicted octanol–water partition coefficient (Wildman–Crippen LogP) is 2.49. The topological polar surface area (TPSA) is 92.5 Å². The molecule has 1 aromatic heterocycles. The first-order valence-corrected chi connectivity index (χ1v) is 9.96. The van der Waals surface area contributed by atoms with Gasteiger partial charge in [0.15, 0.2) is 5.76 Å². The van der Waals surface area contributed by atoms with Crippen molar-refractivity contribution in [2.75, 3.05) is 18.0 Å². The molecule has 2 aromatic rings. The number of carbonyl (C=O) groups excluding carboxylic acids is 1. The maximum Gasteiger partial charge on any atom is 0.246 e. The Balaban J connectivity index is 2.20. The summed E-state index contributed by atoms with van der Waals surface area (Å²) < 4.78 is 32.5. The molecular weight excluding hydrogens is 354 g/mol. The third-order valence-electron chi connectivity index (χ3n) is 4.22. The summed E-state index contributed by atoms with van der Waals surface area (Å²) in [6.45, 7) is 8.90. The van der Waals surface area contributed by atoms with E-state index in [1.54, 1.807) is 18.7 Å². The van der Waals surface area contributed by atoms with E-state index in [2.05, 4.69) is 9.88 Å². The van der Waals surface area contributed by atoms with Gasteiger partial charge in [-0.2, -0.15) is 0 Å². The van der Waals surface area contributed by atoms with Crippen molar-refractivity contribution in [1.82, 2.24) is 9.88 Å². The Bertz CT molecular complexity index is 884. The summed E-state index contributed by atoms with van der Waals surface area (Å²) in [7, 11) is -3.75. The summed E-state index contributed by atoms with van der Waals surface area (Å²) in [4.78, 5) is 13.8. The highest BCUT2D eigenvalue weighted by atomic mass is 32.2. The maximum absolute atomic E-state index is 12.5. The van der Waals surface area contributed by atoms with Gasteiger partial charge in [0.05, 0.1) is 0 Å². The number of hydrogen-bond donors (Lipinski definition) is 1. The number of aromatic nitrogens is 1. The van der Waals surface area contributed by atoms with Crippen LogP contribution in [0.5, 0.6) is 0 Å².